The number of nitrogens with one attached hydrogen (secondary N) is 1. The molecular formula is C18H16N2O6S. The second-order valence-corrected chi connectivity index (χ2v) is 7.59. The van der Waals surface area contributed by atoms with Gasteiger partial charge in [0, 0.05) is 0 Å². The summed E-state index contributed by atoms with van der Waals surface area (Å²) in [5.41, 5.74) is 0.286. The molecular weight excluding hydrogens is 372 g/mol. The zero-order chi connectivity index (χ0) is 19.8. The summed E-state index contributed by atoms with van der Waals surface area (Å²) < 4.78 is 30.5. The summed E-state index contributed by atoms with van der Waals surface area (Å²) in [4.78, 5) is 36.8. The summed E-state index contributed by atoms with van der Waals surface area (Å²) in [7, 11) is -2.93. The van der Waals surface area contributed by atoms with Gasteiger partial charge in [0.25, 0.3) is 15.9 Å². The lowest BCUT2D eigenvalue weighted by atomic mass is 10.1. The van der Waals surface area contributed by atoms with Crippen LogP contribution in [-0.4, -0.2) is 43.7 Å². The van der Waals surface area contributed by atoms with Crippen molar-refractivity contribution in [2.24, 2.45) is 0 Å². The van der Waals surface area contributed by atoms with Crippen LogP contribution < -0.4 is 5.32 Å². The topological polar surface area (TPSA) is 110 Å². The maximum Gasteiger partial charge on any atom is 0.339 e. The standard InChI is InChI=1S/C18H16N2O6S/c1-11(16(21)19-14-9-5-3-7-12(14)18(23)26-2)20-17(22)13-8-4-6-10-15(13)27(20,24)25/h3-11H,1-2H3,(H,19,21)/t11-/m1/s1. The maximum atomic E-state index is 12.7. The van der Waals surface area contributed by atoms with E-state index in [4.69, 9.17) is 0 Å². The fraction of sp³-hybridized carbons (Fsp3) is 0.167. The van der Waals surface area contributed by atoms with Gasteiger partial charge in [-0.25, -0.2) is 17.5 Å². The summed E-state index contributed by atoms with van der Waals surface area (Å²) >= 11 is 0. The van der Waals surface area contributed by atoms with Gasteiger partial charge in [-0.3, -0.25) is 9.59 Å². The van der Waals surface area contributed by atoms with Crippen molar-refractivity contribution in [2.45, 2.75) is 17.9 Å². The first kappa shape index (κ1) is 18.6. The molecule has 0 bridgehead atoms. The lowest BCUT2D eigenvalue weighted by Crippen LogP contribution is -2.45. The molecule has 0 unspecified atom stereocenters. The van der Waals surface area contributed by atoms with Gasteiger partial charge in [0.1, 0.15) is 10.9 Å². The van der Waals surface area contributed by atoms with Gasteiger partial charge < -0.3 is 10.1 Å². The van der Waals surface area contributed by atoms with Gasteiger partial charge >= 0.3 is 5.97 Å². The van der Waals surface area contributed by atoms with Crippen molar-refractivity contribution in [2.75, 3.05) is 12.4 Å². The van der Waals surface area contributed by atoms with E-state index in [9.17, 15) is 22.8 Å². The smallest absolute Gasteiger partial charge is 0.339 e. The van der Waals surface area contributed by atoms with E-state index in [2.05, 4.69) is 10.1 Å². The number of benzene rings is 2. The molecule has 0 aromatic heterocycles. The number of nitrogens with zero attached hydrogens (tertiary/aromatic N) is 1. The Hall–Kier alpha value is -3.20. The van der Waals surface area contributed by atoms with E-state index < -0.39 is 33.8 Å². The minimum Gasteiger partial charge on any atom is -0.465 e. The fourth-order valence-electron chi connectivity index (χ4n) is 2.81. The zero-order valence-electron chi connectivity index (χ0n) is 14.5. The average Bonchev–Trinajstić information content (AvgIpc) is 2.87. The summed E-state index contributed by atoms with van der Waals surface area (Å²) in [5, 5.41) is 2.49. The number of amides is 2. The van der Waals surface area contributed by atoms with Crippen molar-refractivity contribution in [1.82, 2.24) is 4.31 Å². The number of hydrogen-bond acceptors (Lipinski definition) is 6. The van der Waals surface area contributed by atoms with E-state index in [0.29, 0.717) is 4.31 Å². The van der Waals surface area contributed by atoms with Crippen molar-refractivity contribution < 1.29 is 27.5 Å². The van der Waals surface area contributed by atoms with Crippen LogP contribution in [0.15, 0.2) is 53.4 Å². The number of methoxy groups -OCH3 is 1. The van der Waals surface area contributed by atoms with Crippen molar-refractivity contribution in [3.05, 3.63) is 59.7 Å². The normalized spacial score (nSPS) is 15.8. The van der Waals surface area contributed by atoms with Crippen molar-refractivity contribution in [3.8, 4) is 0 Å². The quantitative estimate of drug-likeness (QED) is 0.798. The predicted molar refractivity (Wildman–Crippen MR) is 95.7 cm³/mol. The number of carbonyl (C=O) groups excluding carboxylic acids is 3. The Balaban J connectivity index is 1.90. The first-order valence-electron chi connectivity index (χ1n) is 7.95. The molecule has 0 saturated carbocycles. The van der Waals surface area contributed by atoms with Crippen LogP contribution >= 0.6 is 0 Å². The van der Waals surface area contributed by atoms with Crippen LogP contribution in [0.2, 0.25) is 0 Å². The average molecular weight is 388 g/mol. The zero-order valence-corrected chi connectivity index (χ0v) is 15.3. The van der Waals surface area contributed by atoms with E-state index >= 15 is 0 Å². The lowest BCUT2D eigenvalue weighted by Gasteiger charge is -2.22. The van der Waals surface area contributed by atoms with Crippen LogP contribution in [0, 0.1) is 0 Å². The summed E-state index contributed by atoms with van der Waals surface area (Å²) in [6.07, 6.45) is 0. The highest BCUT2D eigenvalue weighted by Gasteiger charge is 2.45. The van der Waals surface area contributed by atoms with Gasteiger partial charge in [-0.1, -0.05) is 24.3 Å². The largest absolute Gasteiger partial charge is 0.465 e. The van der Waals surface area contributed by atoms with Crippen LogP contribution in [0.25, 0.3) is 0 Å². The summed E-state index contributed by atoms with van der Waals surface area (Å²) in [6, 6.07) is 10.6. The number of para-hydroxylation sites is 1. The molecule has 1 N–H and O–H groups in total. The summed E-state index contributed by atoms with van der Waals surface area (Å²) in [6.45, 7) is 1.30. The molecule has 0 aliphatic carbocycles. The number of fused-ring (bicyclic) bond motifs is 1. The van der Waals surface area contributed by atoms with E-state index in [1.54, 1.807) is 18.2 Å². The highest BCUT2D eigenvalue weighted by atomic mass is 32.2. The first-order chi connectivity index (χ1) is 12.8. The highest BCUT2D eigenvalue weighted by Crippen LogP contribution is 2.32. The number of esters is 1. The monoisotopic (exact) mass is 388 g/mol. The third-order valence-corrected chi connectivity index (χ3v) is 6.09. The number of carbonyl (C=O) groups is 3. The molecule has 140 valence electrons. The van der Waals surface area contributed by atoms with Gasteiger partial charge in [-0.2, -0.15) is 0 Å². The molecule has 1 aliphatic rings. The molecule has 27 heavy (non-hydrogen) atoms. The van der Waals surface area contributed by atoms with Crippen LogP contribution in [0.4, 0.5) is 5.69 Å². The highest BCUT2D eigenvalue weighted by molar-refractivity contribution is 7.90. The predicted octanol–water partition coefficient (Wildman–Crippen LogP) is 1.64. The van der Waals surface area contributed by atoms with Gasteiger partial charge in [0.2, 0.25) is 5.91 Å². The van der Waals surface area contributed by atoms with Gasteiger partial charge in [-0.05, 0) is 31.2 Å². The Labute approximate surface area is 155 Å². The molecule has 9 heteroatoms. The molecule has 0 saturated heterocycles. The van der Waals surface area contributed by atoms with E-state index in [-0.39, 0.29) is 21.7 Å². The Kier molecular flexibility index (Phi) is 4.71. The second kappa shape index (κ2) is 6.84. The van der Waals surface area contributed by atoms with E-state index in [1.165, 1.54) is 44.4 Å². The molecule has 0 fully saturated rings. The van der Waals surface area contributed by atoms with E-state index in [1.807, 2.05) is 0 Å². The lowest BCUT2D eigenvalue weighted by molar-refractivity contribution is -0.118. The fourth-order valence-corrected chi connectivity index (χ4v) is 4.53. The Morgan fingerprint density at radius 1 is 1.07 bits per heavy atom. The third-order valence-electron chi connectivity index (χ3n) is 4.18. The van der Waals surface area contributed by atoms with Crippen molar-refractivity contribution in [1.29, 1.82) is 0 Å². The van der Waals surface area contributed by atoms with Gasteiger partial charge in [-0.15, -0.1) is 0 Å². The van der Waals surface area contributed by atoms with Crippen LogP contribution in [0.3, 0.4) is 0 Å². The Morgan fingerprint density at radius 2 is 1.70 bits per heavy atom. The van der Waals surface area contributed by atoms with Gasteiger partial charge in [0.15, 0.2) is 0 Å². The summed E-state index contributed by atoms with van der Waals surface area (Å²) in [5.74, 6) is -2.18. The molecule has 1 heterocycles. The Morgan fingerprint density at radius 3 is 2.37 bits per heavy atom. The third kappa shape index (κ3) is 3.06. The molecule has 8 nitrogen and oxygen atoms in total. The minimum absolute atomic E-state index is 0.0205. The van der Waals surface area contributed by atoms with E-state index in [0.717, 1.165) is 0 Å². The number of hydrogen-bond donors (Lipinski definition) is 1. The first-order valence-corrected chi connectivity index (χ1v) is 9.39. The molecule has 2 amide bonds. The maximum absolute atomic E-state index is 12.7. The Bertz CT molecular complexity index is 1050. The molecule has 3 rings (SSSR count). The molecule has 0 spiro atoms. The molecule has 2 aromatic rings. The van der Waals surface area contributed by atoms with Crippen LogP contribution in [0.1, 0.15) is 27.6 Å². The van der Waals surface area contributed by atoms with Crippen molar-refractivity contribution in [3.63, 3.8) is 0 Å². The molecule has 0 radical (unpaired) electrons. The molecule has 1 aliphatic heterocycles. The minimum atomic E-state index is -4.13. The number of sulfonamides is 1. The number of anilines is 1. The van der Waals surface area contributed by atoms with Crippen LogP contribution in [0.5, 0.6) is 0 Å². The van der Waals surface area contributed by atoms with Crippen molar-refractivity contribution >= 4 is 33.5 Å². The molecule has 2 aromatic carbocycles. The number of ether oxygens (including phenoxy) is 1. The SMILES string of the molecule is COC(=O)c1ccccc1NC(=O)[C@@H](C)N1C(=O)c2ccccc2S1(=O)=O. The second-order valence-electron chi connectivity index (χ2n) is 5.80. The van der Waals surface area contributed by atoms with Gasteiger partial charge in [0.05, 0.1) is 23.9 Å². The molecule has 1 atom stereocenters. The number of rotatable bonds is 4. The van der Waals surface area contributed by atoms with Crippen LogP contribution in [-0.2, 0) is 19.6 Å².